The minimum absolute atomic E-state index is 0.237. The van der Waals surface area contributed by atoms with E-state index in [2.05, 4.69) is 5.32 Å². The van der Waals surface area contributed by atoms with Crippen LogP contribution in [0.3, 0.4) is 0 Å². The molecule has 3 nitrogen and oxygen atoms in total. The highest BCUT2D eigenvalue weighted by molar-refractivity contribution is 5.78. The van der Waals surface area contributed by atoms with Crippen molar-refractivity contribution in [2.45, 2.75) is 20.0 Å². The molecule has 1 heterocycles. The molecule has 16 heavy (non-hydrogen) atoms. The molecule has 6 heteroatoms. The molecular formula is C10H17F3N2O. The minimum Gasteiger partial charge on any atom is -0.341 e. The molecule has 94 valence electrons. The summed E-state index contributed by atoms with van der Waals surface area (Å²) >= 11 is 0. The van der Waals surface area contributed by atoms with Crippen LogP contribution in [0.15, 0.2) is 0 Å². The molecule has 1 rings (SSSR count). The van der Waals surface area contributed by atoms with Crippen molar-refractivity contribution in [1.82, 2.24) is 10.2 Å². The first-order valence-electron chi connectivity index (χ1n) is 5.35. The van der Waals surface area contributed by atoms with Crippen LogP contribution in [0.2, 0.25) is 0 Å². The number of likely N-dealkylation sites (tertiary alicyclic amines) is 1. The number of alkyl halides is 3. The predicted octanol–water partition coefficient (Wildman–Crippen LogP) is 1.25. The molecule has 1 fully saturated rings. The number of carbonyl (C=O) groups is 1. The number of hydrogen-bond acceptors (Lipinski definition) is 2. The Balaban J connectivity index is 2.26. The number of halogens is 3. The lowest BCUT2D eigenvalue weighted by atomic mass is 10.0. The summed E-state index contributed by atoms with van der Waals surface area (Å²) in [6, 6.07) is 0. The van der Waals surface area contributed by atoms with Gasteiger partial charge in [-0.2, -0.15) is 13.2 Å². The highest BCUT2D eigenvalue weighted by Crippen LogP contribution is 2.21. The van der Waals surface area contributed by atoms with Crippen LogP contribution in [0.5, 0.6) is 0 Å². The van der Waals surface area contributed by atoms with Crippen molar-refractivity contribution in [2.75, 3.05) is 26.2 Å². The van der Waals surface area contributed by atoms with E-state index in [1.807, 2.05) is 13.8 Å². The van der Waals surface area contributed by atoms with Crippen molar-refractivity contribution in [3.8, 4) is 0 Å². The summed E-state index contributed by atoms with van der Waals surface area (Å²) in [6.07, 6.45) is -4.26. The van der Waals surface area contributed by atoms with Crippen LogP contribution >= 0.6 is 0 Å². The molecule has 1 aliphatic rings. The SMILES string of the molecule is CC1CN(C(=O)CNCC(F)(F)F)CC1C. The summed E-state index contributed by atoms with van der Waals surface area (Å²) in [5.41, 5.74) is 0. The molecule has 1 N–H and O–H groups in total. The van der Waals surface area contributed by atoms with E-state index in [9.17, 15) is 18.0 Å². The molecule has 2 unspecified atom stereocenters. The van der Waals surface area contributed by atoms with Gasteiger partial charge in [0.15, 0.2) is 0 Å². The third-order valence-corrected chi connectivity index (χ3v) is 2.94. The van der Waals surface area contributed by atoms with Crippen molar-refractivity contribution in [1.29, 1.82) is 0 Å². The number of hydrogen-bond donors (Lipinski definition) is 1. The third-order valence-electron chi connectivity index (χ3n) is 2.94. The molecule has 0 saturated carbocycles. The highest BCUT2D eigenvalue weighted by atomic mass is 19.4. The maximum Gasteiger partial charge on any atom is 0.401 e. The maximum absolute atomic E-state index is 11.8. The van der Waals surface area contributed by atoms with E-state index in [1.54, 1.807) is 4.90 Å². The van der Waals surface area contributed by atoms with Crippen molar-refractivity contribution in [2.24, 2.45) is 11.8 Å². The summed E-state index contributed by atoms with van der Waals surface area (Å²) in [5.74, 6) is 0.596. The Kier molecular flexibility index (Phi) is 4.18. The van der Waals surface area contributed by atoms with Gasteiger partial charge in [-0.1, -0.05) is 13.8 Å². The second-order valence-electron chi connectivity index (χ2n) is 4.47. The van der Waals surface area contributed by atoms with E-state index in [-0.39, 0.29) is 12.5 Å². The molecule has 2 atom stereocenters. The monoisotopic (exact) mass is 238 g/mol. The molecule has 1 amide bonds. The summed E-state index contributed by atoms with van der Waals surface area (Å²) < 4.78 is 35.5. The van der Waals surface area contributed by atoms with Gasteiger partial charge in [-0.05, 0) is 11.8 Å². The Bertz CT molecular complexity index is 245. The van der Waals surface area contributed by atoms with Gasteiger partial charge in [0.25, 0.3) is 0 Å². The van der Waals surface area contributed by atoms with Crippen LogP contribution in [-0.2, 0) is 4.79 Å². The zero-order chi connectivity index (χ0) is 12.3. The van der Waals surface area contributed by atoms with Gasteiger partial charge in [0.05, 0.1) is 13.1 Å². The highest BCUT2D eigenvalue weighted by Gasteiger charge is 2.30. The molecule has 0 aromatic carbocycles. The number of amides is 1. The molecule has 0 bridgehead atoms. The van der Waals surface area contributed by atoms with E-state index < -0.39 is 12.7 Å². The van der Waals surface area contributed by atoms with Crippen molar-refractivity contribution < 1.29 is 18.0 Å². The van der Waals surface area contributed by atoms with Gasteiger partial charge in [-0.15, -0.1) is 0 Å². The lowest BCUT2D eigenvalue weighted by Crippen LogP contribution is -2.40. The quantitative estimate of drug-likeness (QED) is 0.802. The van der Waals surface area contributed by atoms with Crippen LogP contribution in [0, 0.1) is 11.8 Å². The van der Waals surface area contributed by atoms with Crippen molar-refractivity contribution in [3.05, 3.63) is 0 Å². The molecule has 0 aromatic rings. The van der Waals surface area contributed by atoms with E-state index in [0.717, 1.165) is 0 Å². The third kappa shape index (κ3) is 4.00. The Morgan fingerprint density at radius 1 is 1.31 bits per heavy atom. The second-order valence-corrected chi connectivity index (χ2v) is 4.47. The zero-order valence-electron chi connectivity index (χ0n) is 9.47. The average Bonchev–Trinajstić information content (AvgIpc) is 2.45. The molecule has 1 aliphatic heterocycles. The number of nitrogens with zero attached hydrogens (tertiary/aromatic N) is 1. The fourth-order valence-corrected chi connectivity index (χ4v) is 1.76. The Morgan fingerprint density at radius 3 is 2.25 bits per heavy atom. The van der Waals surface area contributed by atoms with Gasteiger partial charge in [0.1, 0.15) is 0 Å². The predicted molar refractivity (Wildman–Crippen MR) is 53.8 cm³/mol. The fourth-order valence-electron chi connectivity index (χ4n) is 1.76. The lowest BCUT2D eigenvalue weighted by molar-refractivity contribution is -0.133. The van der Waals surface area contributed by atoms with E-state index in [4.69, 9.17) is 0 Å². The van der Waals surface area contributed by atoms with Gasteiger partial charge in [0.2, 0.25) is 5.91 Å². The zero-order valence-corrected chi connectivity index (χ0v) is 9.47. The normalized spacial score (nSPS) is 26.2. The number of nitrogens with one attached hydrogen (secondary N) is 1. The summed E-state index contributed by atoms with van der Waals surface area (Å²) in [4.78, 5) is 13.1. The lowest BCUT2D eigenvalue weighted by Gasteiger charge is -2.16. The summed E-state index contributed by atoms with van der Waals surface area (Å²) in [7, 11) is 0. The Labute approximate surface area is 93.0 Å². The number of rotatable bonds is 3. The smallest absolute Gasteiger partial charge is 0.341 e. The van der Waals surface area contributed by atoms with Crippen LogP contribution in [0.25, 0.3) is 0 Å². The van der Waals surface area contributed by atoms with Crippen molar-refractivity contribution >= 4 is 5.91 Å². The topological polar surface area (TPSA) is 32.3 Å². The Morgan fingerprint density at radius 2 is 1.81 bits per heavy atom. The first kappa shape index (κ1) is 13.3. The standard InChI is InChI=1S/C10H17F3N2O/c1-7-4-15(5-8(7)2)9(16)3-14-6-10(11,12)13/h7-8,14H,3-6H2,1-2H3. The molecule has 0 aliphatic carbocycles. The fraction of sp³-hybridized carbons (Fsp3) is 0.900. The molecule has 0 aromatic heterocycles. The summed E-state index contributed by atoms with van der Waals surface area (Å²) in [5, 5.41) is 2.12. The van der Waals surface area contributed by atoms with E-state index >= 15 is 0 Å². The Hall–Kier alpha value is -0.780. The van der Waals surface area contributed by atoms with Crippen molar-refractivity contribution in [3.63, 3.8) is 0 Å². The van der Waals surface area contributed by atoms with E-state index in [0.29, 0.717) is 24.9 Å². The second kappa shape index (κ2) is 5.03. The van der Waals surface area contributed by atoms with Crippen LogP contribution < -0.4 is 5.32 Å². The maximum atomic E-state index is 11.8. The van der Waals surface area contributed by atoms with Crippen LogP contribution in [-0.4, -0.2) is 43.2 Å². The molecule has 0 radical (unpaired) electrons. The first-order chi connectivity index (χ1) is 7.29. The van der Waals surface area contributed by atoms with Gasteiger partial charge in [0, 0.05) is 13.1 Å². The minimum atomic E-state index is -4.26. The molecule has 1 saturated heterocycles. The largest absolute Gasteiger partial charge is 0.401 e. The molecular weight excluding hydrogens is 221 g/mol. The number of carbonyl (C=O) groups excluding carboxylic acids is 1. The summed E-state index contributed by atoms with van der Waals surface area (Å²) in [6.45, 7) is 4.03. The van der Waals surface area contributed by atoms with Gasteiger partial charge in [-0.25, -0.2) is 0 Å². The first-order valence-corrected chi connectivity index (χ1v) is 5.35. The average molecular weight is 238 g/mol. The van der Waals surface area contributed by atoms with Crippen LogP contribution in [0.4, 0.5) is 13.2 Å². The van der Waals surface area contributed by atoms with Gasteiger partial charge in [-0.3, -0.25) is 4.79 Å². The van der Waals surface area contributed by atoms with Gasteiger partial charge < -0.3 is 10.2 Å². The van der Waals surface area contributed by atoms with E-state index in [1.165, 1.54) is 0 Å². The molecule has 0 spiro atoms. The van der Waals surface area contributed by atoms with Crippen LogP contribution in [0.1, 0.15) is 13.8 Å². The van der Waals surface area contributed by atoms with Gasteiger partial charge >= 0.3 is 6.18 Å².